The number of hydrogen-bond acceptors (Lipinski definition) is 9. The number of aromatic nitrogens is 4. The lowest BCUT2D eigenvalue weighted by molar-refractivity contribution is -0.0392. The maximum atomic E-state index is 12.2. The van der Waals surface area contributed by atoms with Gasteiger partial charge in [-0.25, -0.2) is 9.59 Å². The molecule has 2 aromatic rings. The molecule has 13 heteroatoms. The quantitative estimate of drug-likeness (QED) is 0.276. The van der Waals surface area contributed by atoms with Crippen LogP contribution in [0.3, 0.4) is 0 Å². The molecule has 0 amide bonds. The van der Waals surface area contributed by atoms with Crippen LogP contribution in [-0.4, -0.2) is 60.9 Å². The fraction of sp³-hybridized carbons (Fsp3) is 0.636. The van der Waals surface area contributed by atoms with Crippen LogP contribution in [0.5, 0.6) is 0 Å². The first-order valence-electron chi connectivity index (χ1n) is 11.6. The van der Waals surface area contributed by atoms with Crippen molar-refractivity contribution in [3.63, 3.8) is 0 Å². The van der Waals surface area contributed by atoms with Crippen LogP contribution in [0.25, 0.3) is 0 Å². The molecule has 2 aliphatic rings. The Morgan fingerprint density at radius 3 is 2.11 bits per heavy atom. The first kappa shape index (κ1) is 25.3. The molecule has 13 nitrogen and oxygen atoms in total. The van der Waals surface area contributed by atoms with Gasteiger partial charge in [-0.15, -0.1) is 0 Å². The lowest BCUT2D eigenvalue weighted by atomic mass is 9.95. The standard InChI is InChI=1S/C22H31N5O8/c1-11-8-26(21(32)24-18(11)30)16-6-13(15(10-28)34-16)4-3-5-23-20-14(29)7-17(35-20)27-9-12(2)19(31)25-22(27)33/h8-9,13-17,20,23,28-29H,3-7,10H2,1-2H3,(H,24,30,32)(H,25,31,33)/t13-,14?,15+,16+,17?,20?/m0/s1. The maximum Gasteiger partial charge on any atom is 0.330 e. The van der Waals surface area contributed by atoms with E-state index < -0.39 is 53.4 Å². The van der Waals surface area contributed by atoms with E-state index in [4.69, 9.17) is 9.47 Å². The van der Waals surface area contributed by atoms with E-state index in [1.165, 1.54) is 21.5 Å². The van der Waals surface area contributed by atoms with Crippen LogP contribution < -0.4 is 27.8 Å². The Hall–Kier alpha value is -2.84. The van der Waals surface area contributed by atoms with Crippen molar-refractivity contribution in [2.24, 2.45) is 5.92 Å². The molecule has 2 aliphatic heterocycles. The average molecular weight is 494 g/mol. The number of hydrogen-bond donors (Lipinski definition) is 5. The summed E-state index contributed by atoms with van der Waals surface area (Å²) in [5.41, 5.74) is -1.28. The van der Waals surface area contributed by atoms with Crippen molar-refractivity contribution in [1.82, 2.24) is 24.4 Å². The molecule has 0 aliphatic carbocycles. The second-order valence-corrected chi connectivity index (χ2v) is 9.18. The van der Waals surface area contributed by atoms with Crippen molar-refractivity contribution in [3.8, 4) is 0 Å². The number of aromatic amines is 2. The van der Waals surface area contributed by atoms with Gasteiger partial charge in [-0.3, -0.25) is 34.0 Å². The van der Waals surface area contributed by atoms with Gasteiger partial charge >= 0.3 is 11.4 Å². The van der Waals surface area contributed by atoms with Crippen molar-refractivity contribution >= 4 is 0 Å². The van der Waals surface area contributed by atoms with Crippen LogP contribution in [0.15, 0.2) is 31.6 Å². The largest absolute Gasteiger partial charge is 0.394 e. The maximum absolute atomic E-state index is 12.2. The third kappa shape index (κ3) is 5.38. The highest BCUT2D eigenvalue weighted by atomic mass is 16.5. The first-order chi connectivity index (χ1) is 16.7. The highest BCUT2D eigenvalue weighted by molar-refractivity contribution is 5.03. The van der Waals surface area contributed by atoms with Crippen molar-refractivity contribution in [1.29, 1.82) is 0 Å². The second kappa shape index (κ2) is 10.4. The molecule has 192 valence electrons. The predicted molar refractivity (Wildman–Crippen MR) is 123 cm³/mol. The lowest BCUT2D eigenvalue weighted by Gasteiger charge is -2.19. The molecule has 2 saturated heterocycles. The molecule has 4 heterocycles. The fourth-order valence-electron chi connectivity index (χ4n) is 4.67. The second-order valence-electron chi connectivity index (χ2n) is 9.18. The SMILES string of the molecule is Cc1cn(C2CC(O)C(NCCC[C@H]3C[C@H](n4cc(C)c(=O)[nH]c4=O)O[C@@H]3CO)O2)c(=O)[nH]c1=O. The third-order valence-electron chi connectivity index (χ3n) is 6.65. The van der Waals surface area contributed by atoms with Gasteiger partial charge in [-0.05, 0) is 45.6 Å². The summed E-state index contributed by atoms with van der Waals surface area (Å²) < 4.78 is 14.3. The van der Waals surface area contributed by atoms with Gasteiger partial charge in [0, 0.05) is 29.9 Å². The molecule has 35 heavy (non-hydrogen) atoms. The zero-order valence-electron chi connectivity index (χ0n) is 19.6. The monoisotopic (exact) mass is 493 g/mol. The summed E-state index contributed by atoms with van der Waals surface area (Å²) in [7, 11) is 0. The van der Waals surface area contributed by atoms with E-state index in [0.717, 1.165) is 0 Å². The molecule has 0 aromatic carbocycles. The Labute approximate surface area is 199 Å². The normalized spacial score (nSPS) is 28.6. The predicted octanol–water partition coefficient (Wildman–Crippen LogP) is -1.42. The number of aliphatic hydroxyl groups is 2. The number of nitrogens with one attached hydrogen (secondary N) is 3. The highest BCUT2D eigenvalue weighted by Crippen LogP contribution is 2.35. The van der Waals surface area contributed by atoms with Crippen LogP contribution in [0.1, 0.15) is 49.3 Å². The molecule has 0 radical (unpaired) electrons. The minimum atomic E-state index is -0.834. The van der Waals surface area contributed by atoms with Gasteiger partial charge in [0.2, 0.25) is 0 Å². The molecule has 3 unspecified atom stereocenters. The molecular formula is C22H31N5O8. The van der Waals surface area contributed by atoms with Gasteiger partial charge in [0.25, 0.3) is 11.1 Å². The molecule has 2 aromatic heterocycles. The zero-order valence-corrected chi connectivity index (χ0v) is 19.6. The van der Waals surface area contributed by atoms with Crippen molar-refractivity contribution in [2.75, 3.05) is 13.2 Å². The summed E-state index contributed by atoms with van der Waals surface area (Å²) in [6, 6.07) is 0. The summed E-state index contributed by atoms with van der Waals surface area (Å²) in [6.07, 6.45) is 1.74. The summed E-state index contributed by atoms with van der Waals surface area (Å²) in [5, 5.41) is 23.3. The van der Waals surface area contributed by atoms with E-state index in [9.17, 15) is 29.4 Å². The van der Waals surface area contributed by atoms with Crippen LogP contribution in [0, 0.1) is 19.8 Å². The molecule has 0 spiro atoms. The molecule has 0 saturated carbocycles. The van der Waals surface area contributed by atoms with E-state index in [0.29, 0.717) is 36.9 Å². The summed E-state index contributed by atoms with van der Waals surface area (Å²) in [6.45, 7) is 3.51. The number of aryl methyl sites for hydroxylation is 2. The van der Waals surface area contributed by atoms with Crippen LogP contribution in [-0.2, 0) is 9.47 Å². The number of aliphatic hydroxyl groups excluding tert-OH is 2. The molecule has 2 fully saturated rings. The summed E-state index contributed by atoms with van der Waals surface area (Å²) >= 11 is 0. The molecule has 6 atom stereocenters. The van der Waals surface area contributed by atoms with Crippen molar-refractivity contribution in [3.05, 3.63) is 65.2 Å². The van der Waals surface area contributed by atoms with Crippen LogP contribution in [0.4, 0.5) is 0 Å². The summed E-state index contributed by atoms with van der Waals surface area (Å²) in [5.74, 6) is -0.00389. The number of H-pyrrole nitrogens is 2. The fourth-order valence-corrected chi connectivity index (χ4v) is 4.67. The molecular weight excluding hydrogens is 462 g/mol. The van der Waals surface area contributed by atoms with Crippen molar-refractivity contribution < 1.29 is 19.7 Å². The van der Waals surface area contributed by atoms with Gasteiger partial charge in [-0.1, -0.05) is 0 Å². The number of ether oxygens (including phenoxy) is 2. The Kier molecular flexibility index (Phi) is 7.52. The molecule has 5 N–H and O–H groups in total. The molecule has 0 bridgehead atoms. The summed E-state index contributed by atoms with van der Waals surface area (Å²) in [4.78, 5) is 52.0. The van der Waals surface area contributed by atoms with Gasteiger partial charge in [0.05, 0.1) is 18.8 Å². The highest BCUT2D eigenvalue weighted by Gasteiger charge is 2.37. The topological polar surface area (TPSA) is 181 Å². The van der Waals surface area contributed by atoms with E-state index in [-0.39, 0.29) is 18.9 Å². The van der Waals surface area contributed by atoms with E-state index in [2.05, 4.69) is 15.3 Å². The van der Waals surface area contributed by atoms with Crippen LogP contribution in [0.2, 0.25) is 0 Å². The Morgan fingerprint density at radius 1 is 0.971 bits per heavy atom. The van der Waals surface area contributed by atoms with E-state index in [1.54, 1.807) is 13.8 Å². The van der Waals surface area contributed by atoms with E-state index in [1.807, 2.05) is 0 Å². The smallest absolute Gasteiger partial charge is 0.330 e. The minimum absolute atomic E-state index is 0.00389. The Balaban J connectivity index is 1.30. The van der Waals surface area contributed by atoms with Gasteiger partial charge in [0.1, 0.15) is 18.7 Å². The first-order valence-corrected chi connectivity index (χ1v) is 11.6. The van der Waals surface area contributed by atoms with Crippen molar-refractivity contribution in [2.45, 2.75) is 70.4 Å². The van der Waals surface area contributed by atoms with Crippen LogP contribution >= 0.6 is 0 Å². The minimum Gasteiger partial charge on any atom is -0.394 e. The van der Waals surface area contributed by atoms with Gasteiger partial charge in [-0.2, -0.15) is 0 Å². The van der Waals surface area contributed by atoms with Gasteiger partial charge < -0.3 is 19.7 Å². The lowest BCUT2D eigenvalue weighted by Crippen LogP contribution is -2.38. The Morgan fingerprint density at radius 2 is 1.54 bits per heavy atom. The van der Waals surface area contributed by atoms with Gasteiger partial charge in [0.15, 0.2) is 0 Å². The molecule has 4 rings (SSSR count). The zero-order chi connectivity index (χ0) is 25.3. The average Bonchev–Trinajstić information content (AvgIpc) is 3.39. The Bertz CT molecular complexity index is 1280. The third-order valence-corrected chi connectivity index (χ3v) is 6.65. The number of nitrogens with zero attached hydrogens (tertiary/aromatic N) is 2. The van der Waals surface area contributed by atoms with E-state index >= 15 is 0 Å². The number of rotatable bonds is 8.